The van der Waals surface area contributed by atoms with Crippen molar-refractivity contribution in [2.75, 3.05) is 10.6 Å². The molecule has 1 atom stereocenters. The van der Waals surface area contributed by atoms with Gasteiger partial charge in [-0.25, -0.2) is 4.98 Å². The molecule has 2 amide bonds. The Morgan fingerprint density at radius 2 is 1.58 bits per heavy atom. The summed E-state index contributed by atoms with van der Waals surface area (Å²) < 4.78 is 0. The van der Waals surface area contributed by atoms with Gasteiger partial charge in [-0.15, -0.1) is 22.7 Å². The maximum atomic E-state index is 12.7. The Balaban J connectivity index is 1.47. The molecule has 4 aromatic rings. The molecule has 0 saturated carbocycles. The average molecular weight is 469 g/mol. The van der Waals surface area contributed by atoms with Gasteiger partial charge in [-0.3, -0.25) is 9.59 Å². The van der Waals surface area contributed by atoms with E-state index in [1.807, 2.05) is 35.9 Å². The van der Waals surface area contributed by atoms with Crippen molar-refractivity contribution in [1.29, 1.82) is 0 Å². The van der Waals surface area contributed by atoms with Crippen LogP contribution in [0.15, 0.2) is 64.4 Å². The third kappa shape index (κ3) is 5.25. The summed E-state index contributed by atoms with van der Waals surface area (Å²) in [4.78, 5) is 34.2. The Hall–Kier alpha value is -2.88. The predicted octanol–water partition coefficient (Wildman–Crippen LogP) is 5.94. The van der Waals surface area contributed by atoms with Crippen molar-refractivity contribution >= 4 is 57.6 Å². The maximum absolute atomic E-state index is 12.7. The van der Waals surface area contributed by atoms with E-state index in [1.54, 1.807) is 46.9 Å². The van der Waals surface area contributed by atoms with Gasteiger partial charge in [0.1, 0.15) is 5.69 Å². The Bertz CT molecular complexity index is 1110. The fraction of sp³-hybridized carbons (Fsp3) is 0.136. The molecule has 1 aromatic carbocycles. The zero-order valence-corrected chi connectivity index (χ0v) is 19.3. The third-order valence-corrected chi connectivity index (χ3v) is 7.08. The summed E-state index contributed by atoms with van der Waals surface area (Å²) >= 11 is 4.68. The molecule has 3 aromatic heterocycles. The average Bonchev–Trinajstić information content (AvgIpc) is 3.50. The number of thioether (sulfide) groups is 1. The number of aromatic nitrogens is 2. The van der Waals surface area contributed by atoms with Crippen LogP contribution < -0.4 is 10.6 Å². The quantitative estimate of drug-likeness (QED) is 0.293. The number of anilines is 2. The second-order valence-electron chi connectivity index (χ2n) is 6.73. The number of amides is 2. The molecule has 0 fully saturated rings. The number of hydrogen-bond donors (Lipinski definition) is 3. The van der Waals surface area contributed by atoms with E-state index < -0.39 is 0 Å². The van der Waals surface area contributed by atoms with Crippen LogP contribution in [0.5, 0.6) is 0 Å². The number of nitrogens with zero attached hydrogens (tertiary/aromatic N) is 1. The second kappa shape index (κ2) is 9.51. The van der Waals surface area contributed by atoms with Crippen LogP contribution in [0.3, 0.4) is 0 Å². The summed E-state index contributed by atoms with van der Waals surface area (Å²) in [6.07, 6.45) is 0. The number of carbonyl (C=O) groups is 2. The van der Waals surface area contributed by atoms with Crippen LogP contribution in [-0.2, 0) is 9.59 Å². The van der Waals surface area contributed by atoms with Gasteiger partial charge in [-0.2, -0.15) is 0 Å². The SMILES string of the molecule is CC(=O)Nc1ccc(NC(=O)C(C)Sc2nc(-c3cccs3)c(-c3cccs3)[nH]2)cc1. The molecule has 158 valence electrons. The summed E-state index contributed by atoms with van der Waals surface area (Å²) in [5.41, 5.74) is 3.23. The highest BCUT2D eigenvalue weighted by Crippen LogP contribution is 2.37. The number of aromatic amines is 1. The van der Waals surface area contributed by atoms with Gasteiger partial charge >= 0.3 is 0 Å². The number of H-pyrrole nitrogens is 1. The molecular formula is C22H20N4O2S3. The summed E-state index contributed by atoms with van der Waals surface area (Å²) in [6.45, 7) is 3.31. The van der Waals surface area contributed by atoms with E-state index in [9.17, 15) is 9.59 Å². The normalized spacial score (nSPS) is 11.8. The second-order valence-corrected chi connectivity index (χ2v) is 9.95. The molecule has 1 unspecified atom stereocenters. The highest BCUT2D eigenvalue weighted by atomic mass is 32.2. The van der Waals surface area contributed by atoms with Gasteiger partial charge in [-0.1, -0.05) is 23.9 Å². The van der Waals surface area contributed by atoms with Crippen LogP contribution in [0, 0.1) is 0 Å². The first-order valence-corrected chi connectivity index (χ1v) is 12.2. The van der Waals surface area contributed by atoms with Gasteiger partial charge in [0.05, 0.1) is 20.7 Å². The van der Waals surface area contributed by atoms with E-state index in [1.165, 1.54) is 18.7 Å². The number of hydrogen-bond acceptors (Lipinski definition) is 6. The molecule has 0 aliphatic carbocycles. The van der Waals surface area contributed by atoms with Crippen molar-refractivity contribution < 1.29 is 9.59 Å². The van der Waals surface area contributed by atoms with Gasteiger partial charge in [0.2, 0.25) is 11.8 Å². The standard InChI is InChI=1S/C22H20N4O2S3/c1-13(21(28)24-16-9-7-15(8-10-16)23-14(2)27)31-22-25-19(17-5-3-11-29-17)20(26-22)18-6-4-12-30-18/h3-13H,1-2H3,(H,23,27)(H,24,28)(H,25,26). The molecule has 9 heteroatoms. The molecule has 31 heavy (non-hydrogen) atoms. The van der Waals surface area contributed by atoms with E-state index >= 15 is 0 Å². The third-order valence-electron chi connectivity index (χ3n) is 4.33. The van der Waals surface area contributed by atoms with Gasteiger partial charge in [0, 0.05) is 18.3 Å². The van der Waals surface area contributed by atoms with Crippen LogP contribution >= 0.6 is 34.4 Å². The number of benzene rings is 1. The first-order chi connectivity index (χ1) is 15.0. The van der Waals surface area contributed by atoms with Gasteiger partial charge in [-0.05, 0) is 54.1 Å². The molecule has 0 aliphatic heterocycles. The molecule has 3 heterocycles. The minimum absolute atomic E-state index is 0.121. The zero-order chi connectivity index (χ0) is 21.8. The van der Waals surface area contributed by atoms with Crippen LogP contribution in [0.25, 0.3) is 21.1 Å². The first kappa shape index (κ1) is 21.4. The maximum Gasteiger partial charge on any atom is 0.237 e. The summed E-state index contributed by atoms with van der Waals surface area (Å²) in [7, 11) is 0. The Morgan fingerprint density at radius 1 is 0.968 bits per heavy atom. The van der Waals surface area contributed by atoms with Crippen molar-refractivity contribution in [3.05, 3.63) is 59.3 Å². The lowest BCUT2D eigenvalue weighted by molar-refractivity contribution is -0.115. The number of carbonyl (C=O) groups excluding carboxylic acids is 2. The highest BCUT2D eigenvalue weighted by molar-refractivity contribution is 8.00. The number of rotatable bonds is 7. The van der Waals surface area contributed by atoms with Crippen LogP contribution in [-0.4, -0.2) is 27.0 Å². The number of thiophene rings is 2. The van der Waals surface area contributed by atoms with Crippen molar-refractivity contribution in [1.82, 2.24) is 9.97 Å². The van der Waals surface area contributed by atoms with Crippen LogP contribution in [0.2, 0.25) is 0 Å². The van der Waals surface area contributed by atoms with E-state index in [0.717, 1.165) is 21.1 Å². The van der Waals surface area contributed by atoms with Crippen LogP contribution in [0.1, 0.15) is 13.8 Å². The minimum Gasteiger partial charge on any atom is -0.332 e. The molecule has 4 rings (SSSR count). The van der Waals surface area contributed by atoms with Gasteiger partial charge in [0.15, 0.2) is 5.16 Å². The Labute approximate surface area is 192 Å². The van der Waals surface area contributed by atoms with E-state index in [2.05, 4.69) is 21.7 Å². The predicted molar refractivity (Wildman–Crippen MR) is 130 cm³/mol. The lowest BCUT2D eigenvalue weighted by atomic mass is 10.2. The smallest absolute Gasteiger partial charge is 0.237 e. The van der Waals surface area contributed by atoms with Crippen LogP contribution in [0.4, 0.5) is 11.4 Å². The molecule has 0 aliphatic rings. The minimum atomic E-state index is -0.353. The molecule has 0 spiro atoms. The molecule has 0 bridgehead atoms. The molecule has 0 radical (unpaired) electrons. The van der Waals surface area contributed by atoms with Gasteiger partial charge in [0.25, 0.3) is 0 Å². The molecule has 3 N–H and O–H groups in total. The van der Waals surface area contributed by atoms with Crippen molar-refractivity contribution in [2.24, 2.45) is 0 Å². The summed E-state index contributed by atoms with van der Waals surface area (Å²) in [6, 6.07) is 15.2. The van der Waals surface area contributed by atoms with Gasteiger partial charge < -0.3 is 15.6 Å². The molecule has 6 nitrogen and oxygen atoms in total. The van der Waals surface area contributed by atoms with E-state index in [0.29, 0.717) is 16.5 Å². The summed E-state index contributed by atoms with van der Waals surface area (Å²) in [5, 5.41) is 10.0. The van der Waals surface area contributed by atoms with E-state index in [4.69, 9.17) is 4.98 Å². The Morgan fingerprint density at radius 3 is 2.16 bits per heavy atom. The fourth-order valence-electron chi connectivity index (χ4n) is 2.90. The number of imidazole rings is 1. The first-order valence-electron chi connectivity index (χ1n) is 9.52. The Kier molecular flexibility index (Phi) is 6.55. The largest absolute Gasteiger partial charge is 0.332 e. The monoisotopic (exact) mass is 468 g/mol. The molecule has 0 saturated heterocycles. The fourth-order valence-corrected chi connectivity index (χ4v) is 5.16. The van der Waals surface area contributed by atoms with Crippen molar-refractivity contribution in [3.8, 4) is 21.1 Å². The lowest BCUT2D eigenvalue weighted by Gasteiger charge is -2.11. The van der Waals surface area contributed by atoms with E-state index in [-0.39, 0.29) is 17.1 Å². The zero-order valence-electron chi connectivity index (χ0n) is 16.8. The highest BCUT2D eigenvalue weighted by Gasteiger charge is 2.20. The molecular weight excluding hydrogens is 448 g/mol. The topological polar surface area (TPSA) is 86.9 Å². The van der Waals surface area contributed by atoms with Crippen molar-refractivity contribution in [2.45, 2.75) is 24.3 Å². The summed E-state index contributed by atoms with van der Waals surface area (Å²) in [5.74, 6) is -0.256. The number of nitrogens with one attached hydrogen (secondary N) is 3. The lowest BCUT2D eigenvalue weighted by Crippen LogP contribution is -2.22. The van der Waals surface area contributed by atoms with Crippen molar-refractivity contribution in [3.63, 3.8) is 0 Å².